The Bertz CT molecular complexity index is 511. The number of rotatable bonds is 2. The first kappa shape index (κ1) is 11.5. The Morgan fingerprint density at radius 3 is 2.94 bits per heavy atom. The maximum absolute atomic E-state index is 11.5. The normalized spacial score (nSPS) is 10.7. The van der Waals surface area contributed by atoms with Crippen LogP contribution in [0, 0.1) is 0 Å². The minimum atomic E-state index is -0.321. The summed E-state index contributed by atoms with van der Waals surface area (Å²) in [4.78, 5) is 11.5. The van der Waals surface area contributed by atoms with Gasteiger partial charge in [-0.3, -0.25) is 0 Å². The molecule has 0 aliphatic carbocycles. The van der Waals surface area contributed by atoms with E-state index in [1.165, 1.54) is 0 Å². The lowest BCUT2D eigenvalue weighted by molar-refractivity contribution is 0.0526. The zero-order valence-electron chi connectivity index (χ0n) is 8.54. The van der Waals surface area contributed by atoms with Gasteiger partial charge in [-0.25, -0.2) is 4.79 Å². The SMILES string of the molecule is CCOC(=O)c1cc2cc(Cl)c(Br)cn2c1. The smallest absolute Gasteiger partial charge is 0.339 e. The van der Waals surface area contributed by atoms with E-state index < -0.39 is 0 Å². The number of hydrogen-bond acceptors (Lipinski definition) is 2. The average molecular weight is 303 g/mol. The zero-order valence-corrected chi connectivity index (χ0v) is 10.9. The lowest BCUT2D eigenvalue weighted by atomic mass is 10.3. The zero-order chi connectivity index (χ0) is 11.7. The van der Waals surface area contributed by atoms with Crippen LogP contribution in [0.5, 0.6) is 0 Å². The number of aromatic nitrogens is 1. The van der Waals surface area contributed by atoms with E-state index >= 15 is 0 Å². The topological polar surface area (TPSA) is 30.7 Å². The number of nitrogens with zero attached hydrogens (tertiary/aromatic N) is 1. The second-order valence-corrected chi connectivity index (χ2v) is 4.51. The van der Waals surface area contributed by atoms with Crippen molar-refractivity contribution in [1.82, 2.24) is 4.40 Å². The van der Waals surface area contributed by atoms with Crippen LogP contribution in [-0.2, 0) is 4.74 Å². The fraction of sp³-hybridized carbons (Fsp3) is 0.182. The second-order valence-electron chi connectivity index (χ2n) is 3.25. The summed E-state index contributed by atoms with van der Waals surface area (Å²) in [6.07, 6.45) is 3.52. The van der Waals surface area contributed by atoms with Crippen LogP contribution in [0.15, 0.2) is 29.0 Å². The summed E-state index contributed by atoms with van der Waals surface area (Å²) in [6.45, 7) is 2.15. The summed E-state index contributed by atoms with van der Waals surface area (Å²) in [5.74, 6) is -0.321. The van der Waals surface area contributed by atoms with Gasteiger partial charge < -0.3 is 9.14 Å². The van der Waals surface area contributed by atoms with Gasteiger partial charge in [0.1, 0.15) is 0 Å². The van der Waals surface area contributed by atoms with Crippen molar-refractivity contribution < 1.29 is 9.53 Å². The van der Waals surface area contributed by atoms with Crippen LogP contribution in [0.3, 0.4) is 0 Å². The summed E-state index contributed by atoms with van der Waals surface area (Å²) in [5, 5.41) is 0.612. The first-order valence-electron chi connectivity index (χ1n) is 4.75. The van der Waals surface area contributed by atoms with Crippen LogP contribution in [-0.4, -0.2) is 17.0 Å². The van der Waals surface area contributed by atoms with Crippen LogP contribution in [0.4, 0.5) is 0 Å². The number of pyridine rings is 1. The first-order chi connectivity index (χ1) is 7.61. The minimum absolute atomic E-state index is 0.321. The van der Waals surface area contributed by atoms with Gasteiger partial charge in [-0.2, -0.15) is 0 Å². The molecular weight excluding hydrogens is 293 g/mol. The molecule has 0 bridgehead atoms. The van der Waals surface area contributed by atoms with Crippen molar-refractivity contribution in [2.24, 2.45) is 0 Å². The fourth-order valence-corrected chi connectivity index (χ4v) is 1.93. The van der Waals surface area contributed by atoms with Crippen LogP contribution in [0.25, 0.3) is 5.52 Å². The van der Waals surface area contributed by atoms with Gasteiger partial charge in [-0.05, 0) is 35.0 Å². The Hall–Kier alpha value is -1.00. The molecule has 0 amide bonds. The molecule has 0 radical (unpaired) electrons. The lowest BCUT2D eigenvalue weighted by Gasteiger charge is -1.97. The third-order valence-electron chi connectivity index (χ3n) is 2.15. The van der Waals surface area contributed by atoms with Crippen LogP contribution in [0.2, 0.25) is 5.02 Å². The summed E-state index contributed by atoms with van der Waals surface area (Å²) in [7, 11) is 0. The number of hydrogen-bond donors (Lipinski definition) is 0. The molecule has 0 unspecified atom stereocenters. The molecule has 2 aromatic heterocycles. The number of esters is 1. The third-order valence-corrected chi connectivity index (χ3v) is 3.32. The number of carbonyl (C=O) groups is 1. The Balaban J connectivity index is 2.48. The van der Waals surface area contributed by atoms with Crippen molar-refractivity contribution >= 4 is 39.0 Å². The Labute approximate surface area is 106 Å². The van der Waals surface area contributed by atoms with Crippen molar-refractivity contribution in [1.29, 1.82) is 0 Å². The van der Waals surface area contributed by atoms with E-state index in [2.05, 4.69) is 15.9 Å². The molecule has 5 heteroatoms. The van der Waals surface area contributed by atoms with Crippen molar-refractivity contribution in [3.8, 4) is 0 Å². The molecule has 0 saturated heterocycles. The molecule has 84 valence electrons. The van der Waals surface area contributed by atoms with Crippen molar-refractivity contribution in [2.45, 2.75) is 6.92 Å². The maximum atomic E-state index is 11.5. The minimum Gasteiger partial charge on any atom is -0.462 e. The predicted octanol–water partition coefficient (Wildman–Crippen LogP) is 3.53. The Morgan fingerprint density at radius 1 is 1.50 bits per heavy atom. The van der Waals surface area contributed by atoms with Gasteiger partial charge in [-0.15, -0.1) is 0 Å². The van der Waals surface area contributed by atoms with Gasteiger partial charge in [0.05, 0.1) is 21.7 Å². The quantitative estimate of drug-likeness (QED) is 0.795. The van der Waals surface area contributed by atoms with Gasteiger partial charge in [0, 0.05) is 17.9 Å². The van der Waals surface area contributed by atoms with Gasteiger partial charge in [0.25, 0.3) is 0 Å². The number of carbonyl (C=O) groups excluding carboxylic acids is 1. The molecule has 2 rings (SSSR count). The fourth-order valence-electron chi connectivity index (χ4n) is 1.43. The summed E-state index contributed by atoms with van der Waals surface area (Å²) in [6, 6.07) is 3.53. The van der Waals surface area contributed by atoms with E-state index in [-0.39, 0.29) is 5.97 Å². The largest absolute Gasteiger partial charge is 0.462 e. The molecule has 16 heavy (non-hydrogen) atoms. The molecule has 2 heterocycles. The molecule has 0 aromatic carbocycles. The molecule has 3 nitrogen and oxygen atoms in total. The number of fused-ring (bicyclic) bond motifs is 1. The number of halogens is 2. The van der Waals surface area contributed by atoms with Gasteiger partial charge in [0.15, 0.2) is 0 Å². The van der Waals surface area contributed by atoms with Crippen molar-refractivity contribution in [2.75, 3.05) is 6.61 Å². The Kier molecular flexibility index (Phi) is 3.21. The van der Waals surface area contributed by atoms with Gasteiger partial charge >= 0.3 is 5.97 Å². The molecular formula is C11H9BrClNO2. The predicted molar refractivity (Wildman–Crippen MR) is 66.1 cm³/mol. The monoisotopic (exact) mass is 301 g/mol. The first-order valence-corrected chi connectivity index (χ1v) is 5.93. The van der Waals surface area contributed by atoms with E-state index in [9.17, 15) is 4.79 Å². The van der Waals surface area contributed by atoms with Crippen LogP contribution < -0.4 is 0 Å². The van der Waals surface area contributed by atoms with Gasteiger partial charge in [0.2, 0.25) is 0 Å². The second kappa shape index (κ2) is 4.47. The molecule has 2 aromatic rings. The summed E-state index contributed by atoms with van der Waals surface area (Å²) >= 11 is 9.29. The summed E-state index contributed by atoms with van der Waals surface area (Å²) < 4.78 is 7.53. The molecule has 0 aliphatic heterocycles. The standard InChI is InChI=1S/C11H9BrClNO2/c1-2-16-11(15)7-3-8-4-10(13)9(12)6-14(8)5-7/h3-6H,2H2,1H3. The Morgan fingerprint density at radius 2 is 2.25 bits per heavy atom. The van der Waals surface area contributed by atoms with Crippen molar-refractivity contribution in [3.05, 3.63) is 39.6 Å². The van der Waals surface area contributed by atoms with E-state index in [1.54, 1.807) is 31.5 Å². The highest BCUT2D eigenvalue weighted by atomic mass is 79.9. The average Bonchev–Trinajstić information content (AvgIpc) is 2.62. The molecule has 0 N–H and O–H groups in total. The van der Waals surface area contributed by atoms with Crippen LogP contribution in [0.1, 0.15) is 17.3 Å². The lowest BCUT2D eigenvalue weighted by Crippen LogP contribution is -2.02. The number of ether oxygens (including phenoxy) is 1. The highest BCUT2D eigenvalue weighted by Gasteiger charge is 2.10. The van der Waals surface area contributed by atoms with E-state index in [0.717, 1.165) is 9.99 Å². The highest BCUT2D eigenvalue weighted by Crippen LogP contribution is 2.25. The maximum Gasteiger partial charge on any atom is 0.339 e. The molecule has 0 saturated carbocycles. The van der Waals surface area contributed by atoms with E-state index in [1.807, 2.05) is 4.40 Å². The molecule has 0 fully saturated rings. The van der Waals surface area contributed by atoms with Gasteiger partial charge in [-0.1, -0.05) is 11.6 Å². The molecule has 0 spiro atoms. The van der Waals surface area contributed by atoms with Crippen molar-refractivity contribution in [3.63, 3.8) is 0 Å². The van der Waals surface area contributed by atoms with E-state index in [0.29, 0.717) is 17.2 Å². The third kappa shape index (κ3) is 2.08. The van der Waals surface area contributed by atoms with E-state index in [4.69, 9.17) is 16.3 Å². The molecule has 0 atom stereocenters. The summed E-state index contributed by atoms with van der Waals surface area (Å²) in [5.41, 5.74) is 1.38. The highest BCUT2D eigenvalue weighted by molar-refractivity contribution is 9.10. The molecule has 0 aliphatic rings. The van der Waals surface area contributed by atoms with Crippen LogP contribution >= 0.6 is 27.5 Å².